The van der Waals surface area contributed by atoms with Crippen LogP contribution in [0.1, 0.15) is 21.6 Å². The number of fused-ring (bicyclic) bond motifs is 3. The summed E-state index contributed by atoms with van der Waals surface area (Å²) in [4.78, 5) is 14.6. The van der Waals surface area contributed by atoms with Crippen molar-refractivity contribution in [1.29, 1.82) is 0 Å². The Kier molecular flexibility index (Phi) is 3.76. The molecule has 1 amide bonds. The zero-order valence-corrected chi connectivity index (χ0v) is 14.3. The molecule has 0 bridgehead atoms. The van der Waals surface area contributed by atoms with Gasteiger partial charge in [0.2, 0.25) is 0 Å². The number of ether oxygens (including phenoxy) is 1. The van der Waals surface area contributed by atoms with Crippen molar-refractivity contribution in [1.82, 2.24) is 14.7 Å². The van der Waals surface area contributed by atoms with E-state index in [-0.39, 0.29) is 5.91 Å². The van der Waals surface area contributed by atoms with Crippen molar-refractivity contribution in [3.05, 3.63) is 71.4 Å². The third kappa shape index (κ3) is 2.67. The average Bonchev–Trinajstić information content (AvgIpc) is 2.99. The SMILES string of the molecule is CN(Cc1ccccc1)C(=O)c1nn(C)c2c1COc1ccccc1-2. The lowest BCUT2D eigenvalue weighted by Crippen LogP contribution is -2.27. The van der Waals surface area contributed by atoms with E-state index in [4.69, 9.17) is 4.74 Å². The van der Waals surface area contributed by atoms with Crippen molar-refractivity contribution in [3.8, 4) is 17.0 Å². The van der Waals surface area contributed by atoms with Gasteiger partial charge >= 0.3 is 0 Å². The molecule has 0 radical (unpaired) electrons. The van der Waals surface area contributed by atoms with Gasteiger partial charge in [-0.25, -0.2) is 0 Å². The predicted molar refractivity (Wildman–Crippen MR) is 95.2 cm³/mol. The summed E-state index contributed by atoms with van der Waals surface area (Å²) in [5, 5.41) is 4.50. The van der Waals surface area contributed by atoms with Gasteiger partial charge in [-0.3, -0.25) is 9.48 Å². The molecule has 0 saturated carbocycles. The Morgan fingerprint density at radius 1 is 1.16 bits per heavy atom. The fraction of sp³-hybridized carbons (Fsp3) is 0.200. The second-order valence-corrected chi connectivity index (χ2v) is 6.23. The van der Waals surface area contributed by atoms with Gasteiger partial charge in [-0.15, -0.1) is 0 Å². The fourth-order valence-electron chi connectivity index (χ4n) is 3.26. The second kappa shape index (κ2) is 6.09. The molecule has 2 heterocycles. The third-order valence-electron chi connectivity index (χ3n) is 4.47. The normalized spacial score (nSPS) is 12.1. The molecule has 0 spiro atoms. The quantitative estimate of drug-likeness (QED) is 0.739. The molecule has 0 fully saturated rings. The van der Waals surface area contributed by atoms with Crippen LogP contribution in [-0.4, -0.2) is 27.6 Å². The van der Waals surface area contributed by atoms with Gasteiger partial charge < -0.3 is 9.64 Å². The van der Waals surface area contributed by atoms with Crippen LogP contribution in [0, 0.1) is 0 Å². The van der Waals surface area contributed by atoms with E-state index in [1.807, 2.05) is 61.6 Å². The molecule has 2 aromatic carbocycles. The van der Waals surface area contributed by atoms with Crippen LogP contribution in [0.25, 0.3) is 11.3 Å². The summed E-state index contributed by atoms with van der Waals surface area (Å²) in [6.45, 7) is 0.906. The fourth-order valence-corrected chi connectivity index (χ4v) is 3.26. The number of benzene rings is 2. The molecule has 1 aliphatic heterocycles. The van der Waals surface area contributed by atoms with E-state index in [0.29, 0.717) is 18.8 Å². The number of para-hydroxylation sites is 1. The van der Waals surface area contributed by atoms with Crippen LogP contribution in [0.4, 0.5) is 0 Å². The number of aryl methyl sites for hydroxylation is 1. The van der Waals surface area contributed by atoms with E-state index >= 15 is 0 Å². The van der Waals surface area contributed by atoms with E-state index in [9.17, 15) is 4.79 Å². The Balaban J connectivity index is 1.67. The highest BCUT2D eigenvalue weighted by Gasteiger charge is 2.29. The number of aromatic nitrogens is 2. The molecule has 126 valence electrons. The van der Waals surface area contributed by atoms with E-state index in [2.05, 4.69) is 5.10 Å². The molecule has 0 unspecified atom stereocenters. The van der Waals surface area contributed by atoms with Crippen molar-refractivity contribution in [2.24, 2.45) is 7.05 Å². The Morgan fingerprint density at radius 3 is 2.68 bits per heavy atom. The summed E-state index contributed by atoms with van der Waals surface area (Å²) >= 11 is 0. The van der Waals surface area contributed by atoms with Gasteiger partial charge in [0, 0.05) is 31.8 Å². The van der Waals surface area contributed by atoms with Gasteiger partial charge in [0.15, 0.2) is 5.69 Å². The summed E-state index contributed by atoms with van der Waals surface area (Å²) in [6.07, 6.45) is 0. The number of amides is 1. The Labute approximate surface area is 146 Å². The molecule has 0 N–H and O–H groups in total. The summed E-state index contributed by atoms with van der Waals surface area (Å²) < 4.78 is 7.61. The lowest BCUT2D eigenvalue weighted by atomic mass is 10.0. The second-order valence-electron chi connectivity index (χ2n) is 6.23. The van der Waals surface area contributed by atoms with Crippen molar-refractivity contribution in [2.75, 3.05) is 7.05 Å². The minimum Gasteiger partial charge on any atom is -0.488 e. The van der Waals surface area contributed by atoms with E-state index in [1.54, 1.807) is 16.6 Å². The van der Waals surface area contributed by atoms with Gasteiger partial charge in [0.25, 0.3) is 5.91 Å². The zero-order chi connectivity index (χ0) is 17.4. The molecule has 0 saturated heterocycles. The van der Waals surface area contributed by atoms with Gasteiger partial charge in [-0.2, -0.15) is 5.10 Å². The van der Waals surface area contributed by atoms with E-state index < -0.39 is 0 Å². The minimum atomic E-state index is -0.0938. The Morgan fingerprint density at radius 2 is 1.88 bits per heavy atom. The maximum atomic E-state index is 12.9. The lowest BCUT2D eigenvalue weighted by molar-refractivity contribution is 0.0775. The highest BCUT2D eigenvalue weighted by molar-refractivity contribution is 5.96. The largest absolute Gasteiger partial charge is 0.488 e. The average molecular weight is 333 g/mol. The number of hydrogen-bond donors (Lipinski definition) is 0. The number of carbonyl (C=O) groups is 1. The summed E-state index contributed by atoms with van der Waals surface area (Å²) in [5.41, 5.74) is 4.34. The standard InChI is InChI=1S/C20H19N3O2/c1-22(12-14-8-4-3-5-9-14)20(24)18-16-13-25-17-11-7-6-10-15(17)19(16)23(2)21-18/h3-11H,12-13H2,1-2H3. The van der Waals surface area contributed by atoms with E-state index in [0.717, 1.165) is 28.1 Å². The number of hydrogen-bond acceptors (Lipinski definition) is 3. The topological polar surface area (TPSA) is 47.4 Å². The molecule has 1 aliphatic rings. The third-order valence-corrected chi connectivity index (χ3v) is 4.47. The van der Waals surface area contributed by atoms with Crippen molar-refractivity contribution in [3.63, 3.8) is 0 Å². The summed E-state index contributed by atoms with van der Waals surface area (Å²) in [7, 11) is 3.67. The van der Waals surface area contributed by atoms with E-state index in [1.165, 1.54) is 0 Å². The summed E-state index contributed by atoms with van der Waals surface area (Å²) in [5.74, 6) is 0.735. The van der Waals surface area contributed by atoms with Crippen molar-refractivity contribution >= 4 is 5.91 Å². The van der Waals surface area contributed by atoms with Gasteiger partial charge in [0.1, 0.15) is 12.4 Å². The number of carbonyl (C=O) groups excluding carboxylic acids is 1. The van der Waals surface area contributed by atoms with Crippen LogP contribution < -0.4 is 4.74 Å². The predicted octanol–water partition coefficient (Wildman–Crippen LogP) is 3.25. The molecular formula is C20H19N3O2. The van der Waals surface area contributed by atoms with Gasteiger partial charge in [0.05, 0.1) is 5.69 Å². The Hall–Kier alpha value is -3.08. The smallest absolute Gasteiger partial charge is 0.274 e. The molecule has 3 aromatic rings. The molecule has 0 aliphatic carbocycles. The molecular weight excluding hydrogens is 314 g/mol. The van der Waals surface area contributed by atoms with Gasteiger partial charge in [-0.1, -0.05) is 42.5 Å². The first-order valence-corrected chi connectivity index (χ1v) is 8.22. The minimum absolute atomic E-state index is 0.0938. The first-order valence-electron chi connectivity index (χ1n) is 8.22. The summed E-state index contributed by atoms with van der Waals surface area (Å²) in [6, 6.07) is 17.8. The maximum Gasteiger partial charge on any atom is 0.274 e. The van der Waals surface area contributed by atoms with Crippen LogP contribution in [0.5, 0.6) is 5.75 Å². The zero-order valence-electron chi connectivity index (χ0n) is 14.3. The van der Waals surface area contributed by atoms with Crippen LogP contribution in [0.3, 0.4) is 0 Å². The highest BCUT2D eigenvalue weighted by atomic mass is 16.5. The van der Waals surface area contributed by atoms with Gasteiger partial charge in [-0.05, 0) is 17.7 Å². The maximum absolute atomic E-state index is 12.9. The molecule has 25 heavy (non-hydrogen) atoms. The molecule has 1 aromatic heterocycles. The van der Waals surface area contributed by atoms with Crippen molar-refractivity contribution < 1.29 is 9.53 Å². The molecule has 5 nitrogen and oxygen atoms in total. The number of nitrogens with zero attached hydrogens (tertiary/aromatic N) is 3. The molecule has 5 heteroatoms. The van der Waals surface area contributed by atoms with Crippen LogP contribution in [0.2, 0.25) is 0 Å². The first kappa shape index (κ1) is 15.4. The van der Waals surface area contributed by atoms with Crippen LogP contribution in [-0.2, 0) is 20.2 Å². The van der Waals surface area contributed by atoms with Crippen LogP contribution in [0.15, 0.2) is 54.6 Å². The first-order chi connectivity index (χ1) is 12.1. The monoisotopic (exact) mass is 333 g/mol. The lowest BCUT2D eigenvalue weighted by Gasteiger charge is -2.20. The molecule has 4 rings (SSSR count). The van der Waals surface area contributed by atoms with Crippen molar-refractivity contribution in [2.45, 2.75) is 13.2 Å². The highest BCUT2D eigenvalue weighted by Crippen LogP contribution is 2.38. The number of rotatable bonds is 3. The van der Waals surface area contributed by atoms with Crippen LogP contribution >= 0.6 is 0 Å². The molecule has 0 atom stereocenters. The Bertz CT molecular complexity index is 931.